The zero-order valence-electron chi connectivity index (χ0n) is 20.5. The van der Waals surface area contributed by atoms with Gasteiger partial charge in [0.1, 0.15) is 11.8 Å². The maximum atomic E-state index is 13.6. The van der Waals surface area contributed by atoms with E-state index in [2.05, 4.69) is 5.32 Å². The Morgan fingerprint density at radius 1 is 0.971 bits per heavy atom. The first-order valence-corrected chi connectivity index (χ1v) is 12.3. The number of amides is 2. The molecule has 3 aromatic rings. The maximum Gasteiger partial charge on any atom is 0.261 e. The lowest BCUT2D eigenvalue weighted by atomic mass is 10.0. The zero-order chi connectivity index (χ0) is 25.2. The number of benzene rings is 3. The van der Waals surface area contributed by atoms with Crippen LogP contribution in [0.2, 0.25) is 5.02 Å². The third-order valence-corrected chi connectivity index (χ3v) is 6.13. The van der Waals surface area contributed by atoms with Gasteiger partial charge in [-0.05, 0) is 55.7 Å². The average molecular weight is 493 g/mol. The molecule has 0 aromatic heterocycles. The summed E-state index contributed by atoms with van der Waals surface area (Å²) < 4.78 is 5.80. The standard InChI is InChI=1S/C29H33ClN2O3/c1-4-22(3)31-29(34)27(18-23-9-6-5-7-10-23)32(19-24-11-8-12-25(30)17-24)28(33)20-35-26-15-13-21(2)14-16-26/h5-17,22,27H,4,18-20H2,1-3H3,(H,31,34)/t22-,27+/m0/s1. The van der Waals surface area contributed by atoms with Gasteiger partial charge in [-0.3, -0.25) is 9.59 Å². The van der Waals surface area contributed by atoms with E-state index in [0.717, 1.165) is 23.1 Å². The molecule has 3 rings (SSSR count). The van der Waals surface area contributed by atoms with Crippen molar-refractivity contribution in [3.8, 4) is 5.75 Å². The normalized spacial score (nSPS) is 12.5. The average Bonchev–Trinajstić information content (AvgIpc) is 2.86. The summed E-state index contributed by atoms with van der Waals surface area (Å²) in [5.74, 6) is 0.148. The summed E-state index contributed by atoms with van der Waals surface area (Å²) in [7, 11) is 0. The van der Waals surface area contributed by atoms with E-state index in [1.807, 2.05) is 93.6 Å². The summed E-state index contributed by atoms with van der Waals surface area (Å²) in [6.45, 7) is 6.03. The number of nitrogens with zero attached hydrogens (tertiary/aromatic N) is 1. The van der Waals surface area contributed by atoms with Gasteiger partial charge in [-0.2, -0.15) is 0 Å². The fourth-order valence-corrected chi connectivity index (χ4v) is 3.90. The van der Waals surface area contributed by atoms with Crippen LogP contribution in [0.25, 0.3) is 0 Å². The lowest BCUT2D eigenvalue weighted by molar-refractivity contribution is -0.143. The van der Waals surface area contributed by atoms with Gasteiger partial charge in [0.15, 0.2) is 6.61 Å². The van der Waals surface area contributed by atoms with Crippen LogP contribution < -0.4 is 10.1 Å². The number of nitrogens with one attached hydrogen (secondary N) is 1. The van der Waals surface area contributed by atoms with Crippen molar-refractivity contribution >= 4 is 23.4 Å². The topological polar surface area (TPSA) is 58.6 Å². The minimum Gasteiger partial charge on any atom is -0.484 e. The molecule has 0 saturated carbocycles. The molecule has 0 saturated heterocycles. The van der Waals surface area contributed by atoms with E-state index in [1.54, 1.807) is 11.0 Å². The number of hydrogen-bond acceptors (Lipinski definition) is 3. The van der Waals surface area contributed by atoms with Crippen molar-refractivity contribution in [2.24, 2.45) is 0 Å². The molecule has 2 atom stereocenters. The molecule has 0 aliphatic heterocycles. The molecule has 6 heteroatoms. The molecular weight excluding hydrogens is 460 g/mol. The van der Waals surface area contributed by atoms with Crippen molar-refractivity contribution in [3.05, 3.63) is 101 Å². The second kappa shape index (κ2) is 13.0. The van der Waals surface area contributed by atoms with Crippen LogP contribution in [0, 0.1) is 6.92 Å². The summed E-state index contributed by atoms with van der Waals surface area (Å²) in [4.78, 5) is 28.6. The zero-order valence-corrected chi connectivity index (χ0v) is 21.3. The third-order valence-electron chi connectivity index (χ3n) is 5.90. The smallest absolute Gasteiger partial charge is 0.261 e. The number of hydrogen-bond donors (Lipinski definition) is 1. The van der Waals surface area contributed by atoms with Crippen LogP contribution in [-0.4, -0.2) is 35.4 Å². The number of carbonyl (C=O) groups excluding carboxylic acids is 2. The summed E-state index contributed by atoms with van der Waals surface area (Å²) >= 11 is 6.21. The van der Waals surface area contributed by atoms with Crippen molar-refractivity contribution in [2.75, 3.05) is 6.61 Å². The minimum absolute atomic E-state index is 0.00676. The van der Waals surface area contributed by atoms with Crippen molar-refractivity contribution in [3.63, 3.8) is 0 Å². The van der Waals surface area contributed by atoms with Crippen LogP contribution in [0.1, 0.15) is 37.0 Å². The number of rotatable bonds is 11. The molecule has 0 fully saturated rings. The molecule has 0 unspecified atom stereocenters. The fourth-order valence-electron chi connectivity index (χ4n) is 3.69. The molecule has 1 N–H and O–H groups in total. The largest absolute Gasteiger partial charge is 0.484 e. The molecule has 3 aromatic carbocycles. The van der Waals surface area contributed by atoms with Crippen LogP contribution in [0.4, 0.5) is 0 Å². The summed E-state index contributed by atoms with van der Waals surface area (Å²) in [5, 5.41) is 3.64. The number of halogens is 1. The van der Waals surface area contributed by atoms with Crippen LogP contribution in [0.5, 0.6) is 5.75 Å². The Morgan fingerprint density at radius 3 is 2.31 bits per heavy atom. The molecule has 35 heavy (non-hydrogen) atoms. The summed E-state index contributed by atoms with van der Waals surface area (Å²) in [6.07, 6.45) is 1.18. The van der Waals surface area contributed by atoms with Crippen molar-refractivity contribution in [2.45, 2.75) is 52.2 Å². The Labute approximate surface area is 213 Å². The van der Waals surface area contributed by atoms with Gasteiger partial charge >= 0.3 is 0 Å². The van der Waals surface area contributed by atoms with Gasteiger partial charge < -0.3 is 15.0 Å². The SMILES string of the molecule is CC[C@H](C)NC(=O)[C@@H](Cc1ccccc1)N(Cc1cccc(Cl)c1)C(=O)COc1ccc(C)cc1. The highest BCUT2D eigenvalue weighted by molar-refractivity contribution is 6.30. The monoisotopic (exact) mass is 492 g/mol. The van der Waals surface area contributed by atoms with E-state index in [1.165, 1.54) is 0 Å². The second-order valence-corrected chi connectivity index (χ2v) is 9.21. The van der Waals surface area contributed by atoms with Gasteiger partial charge in [0.05, 0.1) is 0 Å². The predicted octanol–water partition coefficient (Wildman–Crippen LogP) is 5.58. The van der Waals surface area contributed by atoms with Crippen LogP contribution >= 0.6 is 11.6 Å². The highest BCUT2D eigenvalue weighted by atomic mass is 35.5. The molecule has 0 aliphatic rings. The summed E-state index contributed by atoms with van der Waals surface area (Å²) in [6, 6.07) is 23.9. The molecular formula is C29H33ClN2O3. The van der Waals surface area contributed by atoms with Gasteiger partial charge in [0.25, 0.3) is 5.91 Å². The molecule has 0 radical (unpaired) electrons. The minimum atomic E-state index is -0.709. The van der Waals surface area contributed by atoms with Gasteiger partial charge in [-0.25, -0.2) is 0 Å². The van der Waals surface area contributed by atoms with Gasteiger partial charge in [0.2, 0.25) is 5.91 Å². The lowest BCUT2D eigenvalue weighted by Crippen LogP contribution is -2.53. The summed E-state index contributed by atoms with van der Waals surface area (Å²) in [5.41, 5.74) is 2.92. The highest BCUT2D eigenvalue weighted by Crippen LogP contribution is 2.19. The Kier molecular flexibility index (Phi) is 9.74. The van der Waals surface area contributed by atoms with Gasteiger partial charge in [-0.1, -0.05) is 78.7 Å². The van der Waals surface area contributed by atoms with Crippen LogP contribution in [-0.2, 0) is 22.6 Å². The van der Waals surface area contributed by atoms with Crippen molar-refractivity contribution < 1.29 is 14.3 Å². The lowest BCUT2D eigenvalue weighted by Gasteiger charge is -2.32. The fraction of sp³-hybridized carbons (Fsp3) is 0.310. The Balaban J connectivity index is 1.90. The van der Waals surface area contributed by atoms with E-state index < -0.39 is 6.04 Å². The second-order valence-electron chi connectivity index (χ2n) is 8.78. The quantitative estimate of drug-likeness (QED) is 0.380. The molecule has 0 heterocycles. The first kappa shape index (κ1) is 26.3. The Bertz CT molecular complexity index is 1100. The van der Waals surface area contributed by atoms with E-state index in [-0.39, 0.29) is 31.0 Å². The molecule has 2 amide bonds. The first-order valence-electron chi connectivity index (χ1n) is 11.9. The van der Waals surface area contributed by atoms with E-state index in [4.69, 9.17) is 16.3 Å². The van der Waals surface area contributed by atoms with Crippen LogP contribution in [0.15, 0.2) is 78.9 Å². The van der Waals surface area contributed by atoms with Crippen molar-refractivity contribution in [1.29, 1.82) is 0 Å². The Morgan fingerprint density at radius 2 is 1.66 bits per heavy atom. The highest BCUT2D eigenvalue weighted by Gasteiger charge is 2.31. The van der Waals surface area contributed by atoms with Crippen LogP contribution in [0.3, 0.4) is 0 Å². The molecule has 0 aliphatic carbocycles. The maximum absolute atomic E-state index is 13.6. The molecule has 0 spiro atoms. The van der Waals surface area contributed by atoms with E-state index >= 15 is 0 Å². The molecule has 5 nitrogen and oxygen atoms in total. The third kappa shape index (κ3) is 8.15. The number of aryl methyl sites for hydroxylation is 1. The van der Waals surface area contributed by atoms with E-state index in [9.17, 15) is 9.59 Å². The molecule has 184 valence electrons. The number of carbonyl (C=O) groups is 2. The number of ether oxygens (including phenoxy) is 1. The van der Waals surface area contributed by atoms with Crippen molar-refractivity contribution in [1.82, 2.24) is 10.2 Å². The first-order chi connectivity index (χ1) is 16.9. The predicted molar refractivity (Wildman–Crippen MR) is 141 cm³/mol. The van der Waals surface area contributed by atoms with Gasteiger partial charge in [-0.15, -0.1) is 0 Å². The van der Waals surface area contributed by atoms with Gasteiger partial charge in [0, 0.05) is 24.0 Å². The van der Waals surface area contributed by atoms with E-state index in [0.29, 0.717) is 17.2 Å². The Hall–Kier alpha value is -3.31. The molecule has 0 bridgehead atoms.